The zero-order valence-corrected chi connectivity index (χ0v) is 10.3. The molecule has 2 rings (SSSR count). The van der Waals surface area contributed by atoms with E-state index in [0.29, 0.717) is 0 Å². The number of hydrogen-bond donors (Lipinski definition) is 0. The van der Waals surface area contributed by atoms with Crippen molar-refractivity contribution in [3.05, 3.63) is 35.4 Å². The normalized spacial score (nSPS) is 15.8. The molecule has 1 aromatic carbocycles. The van der Waals surface area contributed by atoms with Gasteiger partial charge in [-0.2, -0.15) is 0 Å². The van der Waals surface area contributed by atoms with Gasteiger partial charge in [-0.1, -0.05) is 24.3 Å². The third-order valence-electron chi connectivity index (χ3n) is 3.04. The van der Waals surface area contributed by atoms with Gasteiger partial charge in [-0.05, 0) is 25.0 Å². The van der Waals surface area contributed by atoms with Crippen LogP contribution in [0.2, 0.25) is 0 Å². The molecule has 0 unspecified atom stereocenters. The van der Waals surface area contributed by atoms with Crippen molar-refractivity contribution in [1.82, 2.24) is 9.80 Å². The fourth-order valence-corrected chi connectivity index (χ4v) is 1.93. The van der Waals surface area contributed by atoms with Crippen molar-refractivity contribution < 1.29 is 14.4 Å². The van der Waals surface area contributed by atoms with Gasteiger partial charge in [0.2, 0.25) is 0 Å². The van der Waals surface area contributed by atoms with E-state index in [-0.39, 0.29) is 13.1 Å². The van der Waals surface area contributed by atoms with E-state index in [2.05, 4.69) is 0 Å². The lowest BCUT2D eigenvalue weighted by Crippen LogP contribution is -2.33. The van der Waals surface area contributed by atoms with Crippen LogP contribution < -0.4 is 0 Å². The average Bonchev–Trinajstić information content (AvgIpc) is 2.56. The van der Waals surface area contributed by atoms with Crippen molar-refractivity contribution in [1.29, 1.82) is 0 Å². The van der Waals surface area contributed by atoms with Crippen molar-refractivity contribution in [2.24, 2.45) is 0 Å². The standard InChI is InChI=1S/C13H14N2O3/c1-3-14-11(16)12(17)15(13(14)18)8-10-7-5-4-6-9(10)2/h4-7H,3,8H2,1-2H3. The lowest BCUT2D eigenvalue weighted by molar-refractivity contribution is -0.143. The maximum atomic E-state index is 11.9. The van der Waals surface area contributed by atoms with Gasteiger partial charge in [0, 0.05) is 6.54 Å². The van der Waals surface area contributed by atoms with Crippen LogP contribution >= 0.6 is 0 Å². The van der Waals surface area contributed by atoms with E-state index in [1.54, 1.807) is 6.92 Å². The Morgan fingerprint density at radius 1 is 1.00 bits per heavy atom. The van der Waals surface area contributed by atoms with Crippen LogP contribution in [-0.4, -0.2) is 34.2 Å². The SMILES string of the molecule is CCN1C(=O)C(=O)N(Cc2ccccc2C)C1=O. The van der Waals surface area contributed by atoms with E-state index >= 15 is 0 Å². The number of nitrogens with zero attached hydrogens (tertiary/aromatic N) is 2. The number of amides is 4. The van der Waals surface area contributed by atoms with E-state index in [0.717, 1.165) is 20.9 Å². The second-order valence-electron chi connectivity index (χ2n) is 4.15. The number of carbonyl (C=O) groups is 3. The van der Waals surface area contributed by atoms with Gasteiger partial charge in [0.1, 0.15) is 0 Å². The van der Waals surface area contributed by atoms with Gasteiger partial charge in [-0.15, -0.1) is 0 Å². The minimum Gasteiger partial charge on any atom is -0.263 e. The number of urea groups is 1. The molecule has 0 aliphatic carbocycles. The summed E-state index contributed by atoms with van der Waals surface area (Å²) in [6.07, 6.45) is 0. The summed E-state index contributed by atoms with van der Waals surface area (Å²) in [5, 5.41) is 0. The fraction of sp³-hybridized carbons (Fsp3) is 0.308. The molecule has 0 radical (unpaired) electrons. The zero-order valence-electron chi connectivity index (χ0n) is 10.3. The second-order valence-corrected chi connectivity index (χ2v) is 4.15. The predicted octanol–water partition coefficient (Wildman–Crippen LogP) is 1.31. The summed E-state index contributed by atoms with van der Waals surface area (Å²) in [6.45, 7) is 3.93. The van der Waals surface area contributed by atoms with Crippen LogP contribution in [0.1, 0.15) is 18.1 Å². The number of rotatable bonds is 3. The fourth-order valence-electron chi connectivity index (χ4n) is 1.93. The van der Waals surface area contributed by atoms with Crippen LogP contribution in [0.4, 0.5) is 4.79 Å². The van der Waals surface area contributed by atoms with Gasteiger partial charge in [0.15, 0.2) is 0 Å². The Hall–Kier alpha value is -2.17. The molecule has 18 heavy (non-hydrogen) atoms. The Morgan fingerprint density at radius 3 is 2.17 bits per heavy atom. The number of aryl methyl sites for hydroxylation is 1. The quantitative estimate of drug-likeness (QED) is 0.596. The molecule has 0 bridgehead atoms. The van der Waals surface area contributed by atoms with Crippen molar-refractivity contribution in [2.75, 3.05) is 6.54 Å². The molecule has 0 spiro atoms. The highest BCUT2D eigenvalue weighted by atomic mass is 16.2. The molecule has 94 valence electrons. The van der Waals surface area contributed by atoms with E-state index in [4.69, 9.17) is 0 Å². The lowest BCUT2D eigenvalue weighted by Gasteiger charge is -2.15. The van der Waals surface area contributed by atoms with Gasteiger partial charge in [-0.3, -0.25) is 19.4 Å². The molecule has 0 atom stereocenters. The molecule has 1 aliphatic heterocycles. The zero-order chi connectivity index (χ0) is 13.3. The van der Waals surface area contributed by atoms with Crippen LogP contribution in [0, 0.1) is 6.92 Å². The van der Waals surface area contributed by atoms with E-state index in [1.165, 1.54) is 0 Å². The monoisotopic (exact) mass is 246 g/mol. The summed E-state index contributed by atoms with van der Waals surface area (Å²) < 4.78 is 0. The maximum absolute atomic E-state index is 11.9. The summed E-state index contributed by atoms with van der Waals surface area (Å²) in [6, 6.07) is 6.94. The van der Waals surface area contributed by atoms with Gasteiger partial charge in [-0.25, -0.2) is 4.79 Å². The Balaban J connectivity index is 2.25. The molecule has 0 N–H and O–H groups in total. The van der Waals surface area contributed by atoms with Crippen LogP contribution in [0.25, 0.3) is 0 Å². The molecular formula is C13H14N2O3. The highest BCUT2D eigenvalue weighted by Gasteiger charge is 2.43. The third kappa shape index (κ3) is 1.88. The summed E-state index contributed by atoms with van der Waals surface area (Å²) in [7, 11) is 0. The Morgan fingerprint density at radius 2 is 1.61 bits per heavy atom. The van der Waals surface area contributed by atoms with E-state index in [1.807, 2.05) is 31.2 Å². The van der Waals surface area contributed by atoms with Crippen molar-refractivity contribution >= 4 is 17.8 Å². The van der Waals surface area contributed by atoms with E-state index in [9.17, 15) is 14.4 Å². The number of benzene rings is 1. The number of hydrogen-bond acceptors (Lipinski definition) is 3. The summed E-state index contributed by atoms with van der Waals surface area (Å²) >= 11 is 0. The number of likely N-dealkylation sites (N-methyl/N-ethyl adjacent to an activating group) is 1. The van der Waals surface area contributed by atoms with Crippen LogP contribution in [0.3, 0.4) is 0 Å². The number of carbonyl (C=O) groups excluding carboxylic acids is 3. The van der Waals surface area contributed by atoms with Crippen molar-refractivity contribution in [3.8, 4) is 0 Å². The molecule has 0 aromatic heterocycles. The molecule has 0 saturated carbocycles. The van der Waals surface area contributed by atoms with Gasteiger partial charge in [0.25, 0.3) is 0 Å². The van der Waals surface area contributed by atoms with Crippen LogP contribution in [0.15, 0.2) is 24.3 Å². The molecule has 5 heteroatoms. The minimum absolute atomic E-state index is 0.145. The molecule has 4 amide bonds. The third-order valence-corrected chi connectivity index (χ3v) is 3.04. The van der Waals surface area contributed by atoms with Crippen molar-refractivity contribution in [3.63, 3.8) is 0 Å². The topological polar surface area (TPSA) is 57.7 Å². The van der Waals surface area contributed by atoms with Crippen molar-refractivity contribution in [2.45, 2.75) is 20.4 Å². The summed E-state index contributed by atoms with van der Waals surface area (Å²) in [4.78, 5) is 37.1. The van der Waals surface area contributed by atoms with Gasteiger partial charge < -0.3 is 0 Å². The Bertz CT molecular complexity index is 525. The number of imide groups is 2. The first-order valence-corrected chi connectivity index (χ1v) is 5.78. The average molecular weight is 246 g/mol. The summed E-state index contributed by atoms with van der Waals surface area (Å²) in [5.41, 5.74) is 1.85. The smallest absolute Gasteiger partial charge is 0.263 e. The summed E-state index contributed by atoms with van der Waals surface area (Å²) in [5.74, 6) is -1.49. The Kier molecular flexibility index (Phi) is 3.14. The van der Waals surface area contributed by atoms with Crippen LogP contribution in [0.5, 0.6) is 0 Å². The highest BCUT2D eigenvalue weighted by Crippen LogP contribution is 2.17. The molecule has 1 saturated heterocycles. The first-order chi connectivity index (χ1) is 8.56. The largest absolute Gasteiger partial charge is 0.334 e. The van der Waals surface area contributed by atoms with Crippen LogP contribution in [-0.2, 0) is 16.1 Å². The first-order valence-electron chi connectivity index (χ1n) is 5.78. The molecule has 1 heterocycles. The Labute approximate surface area is 105 Å². The predicted molar refractivity (Wildman–Crippen MR) is 64.5 cm³/mol. The maximum Gasteiger partial charge on any atom is 0.334 e. The second kappa shape index (κ2) is 4.60. The lowest BCUT2D eigenvalue weighted by atomic mass is 10.1. The molecule has 1 aliphatic rings. The van der Waals surface area contributed by atoms with E-state index < -0.39 is 17.8 Å². The molecular weight excluding hydrogens is 232 g/mol. The highest BCUT2D eigenvalue weighted by molar-refractivity contribution is 6.44. The molecule has 1 fully saturated rings. The molecule has 5 nitrogen and oxygen atoms in total. The first kappa shape index (κ1) is 12.3. The van der Waals surface area contributed by atoms with Gasteiger partial charge >= 0.3 is 17.8 Å². The minimum atomic E-state index is -0.745. The van der Waals surface area contributed by atoms with Gasteiger partial charge in [0.05, 0.1) is 6.54 Å². The molecule has 1 aromatic rings.